The first-order chi connectivity index (χ1) is 11.1. The monoisotopic (exact) mass is 400 g/mol. The Hall–Kier alpha value is -0.660. The first kappa shape index (κ1) is 15.8. The van der Waals surface area contributed by atoms with E-state index in [0.29, 0.717) is 20.0 Å². The van der Waals surface area contributed by atoms with Gasteiger partial charge in [0.2, 0.25) is 0 Å². The predicted octanol–water partition coefficient (Wildman–Crippen LogP) is 5.52. The van der Waals surface area contributed by atoms with E-state index >= 15 is 0 Å². The Balaban J connectivity index is 1.61. The molecule has 3 aromatic rings. The van der Waals surface area contributed by atoms with Gasteiger partial charge in [0.05, 0.1) is 10.1 Å². The summed E-state index contributed by atoms with van der Waals surface area (Å²) >= 11 is 16.4. The van der Waals surface area contributed by atoms with E-state index in [9.17, 15) is 4.79 Å². The Bertz CT molecular complexity index is 919. The molecule has 0 unspecified atom stereocenters. The van der Waals surface area contributed by atoms with Crippen molar-refractivity contribution in [2.45, 2.75) is 24.3 Å². The maximum atomic E-state index is 12.4. The van der Waals surface area contributed by atoms with Crippen LogP contribution in [0.3, 0.4) is 0 Å². The van der Waals surface area contributed by atoms with Crippen molar-refractivity contribution in [1.82, 2.24) is 9.97 Å². The molecule has 1 aliphatic carbocycles. The number of carbonyl (C=O) groups is 1. The van der Waals surface area contributed by atoms with Gasteiger partial charge in [-0.1, -0.05) is 35.0 Å². The summed E-state index contributed by atoms with van der Waals surface area (Å²) in [4.78, 5) is 23.6. The zero-order valence-corrected chi connectivity index (χ0v) is 15.7. The maximum absolute atomic E-state index is 12.4. The first-order valence-electron chi connectivity index (χ1n) is 6.99. The molecular formula is C15H10Cl2N2OS3. The van der Waals surface area contributed by atoms with Crippen LogP contribution in [-0.4, -0.2) is 21.5 Å². The third-order valence-electron chi connectivity index (χ3n) is 3.76. The van der Waals surface area contributed by atoms with Gasteiger partial charge in [0, 0.05) is 15.8 Å². The summed E-state index contributed by atoms with van der Waals surface area (Å²) in [5.41, 5.74) is 1.87. The third kappa shape index (κ3) is 2.91. The van der Waals surface area contributed by atoms with Gasteiger partial charge in [0.15, 0.2) is 5.78 Å². The molecule has 1 aliphatic rings. The second-order valence-electron chi connectivity index (χ2n) is 5.17. The fraction of sp³-hybridized carbons (Fsp3) is 0.267. The lowest BCUT2D eigenvalue weighted by Crippen LogP contribution is -2.02. The number of fused-ring (bicyclic) bond motifs is 3. The molecule has 23 heavy (non-hydrogen) atoms. The van der Waals surface area contributed by atoms with Gasteiger partial charge in [-0.15, -0.1) is 22.7 Å². The van der Waals surface area contributed by atoms with E-state index in [1.54, 1.807) is 23.7 Å². The number of ketones is 1. The number of aromatic nitrogens is 2. The van der Waals surface area contributed by atoms with Crippen LogP contribution in [-0.2, 0) is 12.8 Å². The molecule has 0 saturated heterocycles. The highest BCUT2D eigenvalue weighted by Gasteiger charge is 2.22. The molecule has 0 saturated carbocycles. The molecule has 4 rings (SSSR count). The summed E-state index contributed by atoms with van der Waals surface area (Å²) in [7, 11) is 0. The molecule has 3 nitrogen and oxygen atoms in total. The molecule has 0 N–H and O–H groups in total. The normalized spacial score (nSPS) is 13.7. The highest BCUT2D eigenvalue weighted by molar-refractivity contribution is 8.00. The molecule has 0 radical (unpaired) electrons. The number of carbonyl (C=O) groups excluding carboxylic acids is 1. The second-order valence-corrected chi connectivity index (χ2v) is 9.50. The van der Waals surface area contributed by atoms with Crippen molar-refractivity contribution < 1.29 is 4.79 Å². The van der Waals surface area contributed by atoms with Gasteiger partial charge in [-0.3, -0.25) is 4.79 Å². The summed E-state index contributed by atoms with van der Waals surface area (Å²) in [6, 6.07) is 1.63. The summed E-state index contributed by atoms with van der Waals surface area (Å²) < 4.78 is 0.980. The molecule has 3 aromatic heterocycles. The van der Waals surface area contributed by atoms with Crippen LogP contribution < -0.4 is 0 Å². The molecule has 3 heterocycles. The Kier molecular flexibility index (Phi) is 4.36. The van der Waals surface area contributed by atoms with Crippen LogP contribution in [0.25, 0.3) is 10.2 Å². The molecule has 0 bridgehead atoms. The Labute approximate surface area is 155 Å². The number of Topliss-reactive ketones (excluding diaryl/α,β-unsaturated/α-hetero) is 1. The quantitative estimate of drug-likeness (QED) is 0.328. The van der Waals surface area contributed by atoms with E-state index in [0.717, 1.165) is 28.1 Å². The lowest BCUT2D eigenvalue weighted by molar-refractivity contribution is 0.102. The van der Waals surface area contributed by atoms with Crippen LogP contribution in [0.15, 0.2) is 17.4 Å². The number of nitrogens with zero attached hydrogens (tertiary/aromatic N) is 2. The minimum absolute atomic E-state index is 0.0261. The number of thioether (sulfide) groups is 1. The fourth-order valence-corrected chi connectivity index (χ4v) is 6.45. The van der Waals surface area contributed by atoms with Gasteiger partial charge >= 0.3 is 0 Å². The van der Waals surface area contributed by atoms with Crippen molar-refractivity contribution in [2.24, 2.45) is 0 Å². The van der Waals surface area contributed by atoms with Crippen LogP contribution in [0.5, 0.6) is 0 Å². The number of thiophene rings is 2. The van der Waals surface area contributed by atoms with Gasteiger partial charge in [-0.25, -0.2) is 9.97 Å². The van der Waals surface area contributed by atoms with Crippen molar-refractivity contribution in [3.05, 3.63) is 37.1 Å². The van der Waals surface area contributed by atoms with Crippen molar-refractivity contribution in [3.8, 4) is 0 Å². The molecule has 8 heteroatoms. The van der Waals surface area contributed by atoms with Crippen molar-refractivity contribution >= 4 is 73.6 Å². The highest BCUT2D eigenvalue weighted by Crippen LogP contribution is 2.40. The maximum Gasteiger partial charge on any atom is 0.175 e. The summed E-state index contributed by atoms with van der Waals surface area (Å²) in [6.07, 6.45) is 4.98. The van der Waals surface area contributed by atoms with Gasteiger partial charge in [-0.2, -0.15) is 0 Å². The van der Waals surface area contributed by atoms with Gasteiger partial charge in [0.25, 0.3) is 0 Å². The van der Waals surface area contributed by atoms with Crippen LogP contribution in [0, 0.1) is 0 Å². The lowest BCUT2D eigenvalue weighted by atomic mass is 10.2. The summed E-state index contributed by atoms with van der Waals surface area (Å²) in [5.74, 6) is 0.269. The topological polar surface area (TPSA) is 42.9 Å². The average Bonchev–Trinajstić information content (AvgIpc) is 3.18. The smallest absolute Gasteiger partial charge is 0.175 e. The van der Waals surface area contributed by atoms with Crippen LogP contribution in [0.4, 0.5) is 0 Å². The number of hydrogen-bond donors (Lipinski definition) is 0. The molecule has 118 valence electrons. The van der Waals surface area contributed by atoms with E-state index in [-0.39, 0.29) is 5.78 Å². The van der Waals surface area contributed by atoms with E-state index in [2.05, 4.69) is 9.97 Å². The summed E-state index contributed by atoms with van der Waals surface area (Å²) in [5, 5.41) is 2.03. The molecule has 0 aromatic carbocycles. The van der Waals surface area contributed by atoms with E-state index in [1.165, 1.54) is 40.0 Å². The zero-order chi connectivity index (χ0) is 16.0. The number of rotatable bonds is 4. The Morgan fingerprint density at radius 2 is 2.13 bits per heavy atom. The molecule has 0 spiro atoms. The van der Waals surface area contributed by atoms with Crippen molar-refractivity contribution in [3.63, 3.8) is 0 Å². The second kappa shape index (κ2) is 6.33. The number of halogens is 2. The SMILES string of the molecule is O=C(CSc1ncnc2sc3c(c12)CCC3)c1cc(Cl)sc1Cl. The average molecular weight is 401 g/mol. The van der Waals surface area contributed by atoms with E-state index < -0.39 is 0 Å². The van der Waals surface area contributed by atoms with Crippen LogP contribution in [0.2, 0.25) is 8.67 Å². The number of hydrogen-bond acceptors (Lipinski definition) is 6. The van der Waals surface area contributed by atoms with Crippen molar-refractivity contribution in [2.75, 3.05) is 5.75 Å². The third-order valence-corrected chi connectivity index (χ3v) is 7.44. The molecule has 0 amide bonds. The van der Waals surface area contributed by atoms with Gasteiger partial charge < -0.3 is 0 Å². The van der Waals surface area contributed by atoms with Crippen LogP contribution >= 0.6 is 57.6 Å². The standard InChI is InChI=1S/C15H10Cl2N2OS3/c16-11-4-8(13(17)23-11)9(20)5-21-14-12-7-2-1-3-10(7)22-15(12)19-6-18-14/h4,6H,1-3,5H2. The molecule has 0 atom stereocenters. The minimum atomic E-state index is -0.0261. The first-order valence-corrected chi connectivity index (χ1v) is 10.4. The molecule has 0 fully saturated rings. The molecular weight excluding hydrogens is 391 g/mol. The zero-order valence-electron chi connectivity index (χ0n) is 11.8. The Morgan fingerprint density at radius 1 is 1.26 bits per heavy atom. The Morgan fingerprint density at radius 3 is 2.91 bits per heavy atom. The number of aryl methyl sites for hydroxylation is 2. The highest BCUT2D eigenvalue weighted by atomic mass is 35.5. The van der Waals surface area contributed by atoms with E-state index in [1.807, 2.05) is 0 Å². The fourth-order valence-electron chi connectivity index (χ4n) is 2.75. The minimum Gasteiger partial charge on any atom is -0.293 e. The van der Waals surface area contributed by atoms with Gasteiger partial charge in [0.1, 0.15) is 20.5 Å². The van der Waals surface area contributed by atoms with Gasteiger partial charge in [-0.05, 0) is 30.9 Å². The lowest BCUT2D eigenvalue weighted by Gasteiger charge is -2.03. The van der Waals surface area contributed by atoms with E-state index in [4.69, 9.17) is 23.2 Å². The predicted molar refractivity (Wildman–Crippen MR) is 98.8 cm³/mol. The largest absolute Gasteiger partial charge is 0.293 e. The van der Waals surface area contributed by atoms with Crippen molar-refractivity contribution in [1.29, 1.82) is 0 Å². The van der Waals surface area contributed by atoms with Crippen LogP contribution in [0.1, 0.15) is 27.2 Å². The molecule has 0 aliphatic heterocycles. The summed E-state index contributed by atoms with van der Waals surface area (Å²) in [6.45, 7) is 0.